The number of rotatable bonds is 5. The first-order chi connectivity index (χ1) is 14.6. The summed E-state index contributed by atoms with van der Waals surface area (Å²) in [7, 11) is 0. The minimum atomic E-state index is -0.0465. The zero-order valence-electron chi connectivity index (χ0n) is 16.7. The molecule has 2 aromatic carbocycles. The Balaban J connectivity index is 1.39. The lowest BCUT2D eigenvalue weighted by molar-refractivity contribution is -0.120. The normalized spacial score (nSPS) is 14.4. The van der Waals surface area contributed by atoms with Crippen LogP contribution in [0.25, 0.3) is 0 Å². The first-order valence-corrected chi connectivity index (χ1v) is 10.3. The van der Waals surface area contributed by atoms with E-state index in [0.717, 1.165) is 29.8 Å². The predicted octanol–water partition coefficient (Wildman–Crippen LogP) is 5.09. The zero-order valence-corrected chi connectivity index (χ0v) is 17.5. The van der Waals surface area contributed by atoms with Crippen molar-refractivity contribution >= 4 is 29.0 Å². The van der Waals surface area contributed by atoms with E-state index in [1.54, 1.807) is 24.5 Å². The maximum Gasteiger partial charge on any atom is 0.263 e. The number of hydrogen-bond donors (Lipinski definition) is 1. The molecule has 1 fully saturated rings. The summed E-state index contributed by atoms with van der Waals surface area (Å²) < 4.78 is 6.00. The van der Waals surface area contributed by atoms with Gasteiger partial charge in [0.1, 0.15) is 5.75 Å². The molecule has 4 rings (SSSR count). The topological polar surface area (TPSA) is 67.4 Å². The number of aromatic nitrogens is 2. The molecular weight excluding hydrogens is 400 g/mol. The minimum absolute atomic E-state index is 0.0346. The van der Waals surface area contributed by atoms with Crippen LogP contribution in [0.2, 0.25) is 5.02 Å². The van der Waals surface area contributed by atoms with E-state index in [9.17, 15) is 4.79 Å². The number of benzene rings is 2. The molecule has 1 aromatic heterocycles. The Morgan fingerprint density at radius 2 is 1.83 bits per heavy atom. The van der Waals surface area contributed by atoms with Gasteiger partial charge in [0.15, 0.2) is 5.82 Å². The number of amides is 1. The fourth-order valence-electron chi connectivity index (χ4n) is 3.53. The van der Waals surface area contributed by atoms with Crippen molar-refractivity contribution in [3.63, 3.8) is 0 Å². The molecule has 1 amide bonds. The van der Waals surface area contributed by atoms with Crippen LogP contribution in [0.15, 0.2) is 60.9 Å². The molecule has 1 aliphatic rings. The van der Waals surface area contributed by atoms with Crippen LogP contribution in [0.4, 0.5) is 11.5 Å². The second-order valence-electron chi connectivity index (χ2n) is 7.36. The summed E-state index contributed by atoms with van der Waals surface area (Å²) in [5.74, 6) is 1.90. The van der Waals surface area contributed by atoms with Gasteiger partial charge in [0, 0.05) is 42.1 Å². The van der Waals surface area contributed by atoms with E-state index in [2.05, 4.69) is 20.2 Å². The first-order valence-electron chi connectivity index (χ1n) is 9.95. The van der Waals surface area contributed by atoms with Gasteiger partial charge in [0.05, 0.1) is 0 Å². The molecule has 154 valence electrons. The lowest BCUT2D eigenvalue weighted by atomic mass is 9.96. The molecule has 2 heterocycles. The average molecular weight is 423 g/mol. The van der Waals surface area contributed by atoms with Crippen LogP contribution < -0.4 is 15.0 Å². The van der Waals surface area contributed by atoms with Crippen molar-refractivity contribution in [2.24, 2.45) is 5.92 Å². The van der Waals surface area contributed by atoms with E-state index in [1.165, 1.54) is 0 Å². The smallest absolute Gasteiger partial charge is 0.263 e. The number of aryl methyl sites for hydroxylation is 1. The second-order valence-corrected chi connectivity index (χ2v) is 7.80. The van der Waals surface area contributed by atoms with Crippen LogP contribution >= 0.6 is 11.6 Å². The minimum Gasteiger partial charge on any atom is -0.436 e. The van der Waals surface area contributed by atoms with Gasteiger partial charge in [-0.2, -0.15) is 0 Å². The van der Waals surface area contributed by atoms with Gasteiger partial charge < -0.3 is 15.0 Å². The van der Waals surface area contributed by atoms with Gasteiger partial charge >= 0.3 is 0 Å². The average Bonchev–Trinajstić information content (AvgIpc) is 2.76. The van der Waals surface area contributed by atoms with Gasteiger partial charge in [0.25, 0.3) is 5.88 Å². The summed E-state index contributed by atoms with van der Waals surface area (Å²) in [6.45, 7) is 3.44. The summed E-state index contributed by atoms with van der Waals surface area (Å²) in [5.41, 5.74) is 1.88. The van der Waals surface area contributed by atoms with Crippen LogP contribution in [0, 0.1) is 12.8 Å². The summed E-state index contributed by atoms with van der Waals surface area (Å²) in [6, 6.07) is 15.0. The van der Waals surface area contributed by atoms with Crippen LogP contribution in [0.1, 0.15) is 18.4 Å². The van der Waals surface area contributed by atoms with Crippen molar-refractivity contribution < 1.29 is 9.53 Å². The highest BCUT2D eigenvalue weighted by molar-refractivity contribution is 6.30. The molecule has 0 spiro atoms. The van der Waals surface area contributed by atoms with Crippen LogP contribution in [0.3, 0.4) is 0 Å². The Morgan fingerprint density at radius 1 is 1.10 bits per heavy atom. The number of carbonyl (C=O) groups is 1. The van der Waals surface area contributed by atoms with E-state index >= 15 is 0 Å². The lowest BCUT2D eigenvalue weighted by Crippen LogP contribution is -2.38. The highest BCUT2D eigenvalue weighted by Crippen LogP contribution is 2.31. The summed E-state index contributed by atoms with van der Waals surface area (Å²) in [6.07, 6.45) is 4.76. The molecule has 0 unspecified atom stereocenters. The summed E-state index contributed by atoms with van der Waals surface area (Å²) in [5, 5.41) is 3.62. The number of halogens is 1. The van der Waals surface area contributed by atoms with Crippen molar-refractivity contribution in [2.75, 3.05) is 23.3 Å². The van der Waals surface area contributed by atoms with Gasteiger partial charge in [-0.1, -0.05) is 23.7 Å². The van der Waals surface area contributed by atoms with Gasteiger partial charge in [-0.05, 0) is 61.7 Å². The third-order valence-corrected chi connectivity index (χ3v) is 5.38. The molecule has 0 atom stereocenters. The molecule has 7 heteroatoms. The molecule has 0 radical (unpaired) electrons. The fourth-order valence-corrected chi connectivity index (χ4v) is 3.65. The van der Waals surface area contributed by atoms with Crippen molar-refractivity contribution in [3.8, 4) is 11.6 Å². The molecule has 0 aliphatic carbocycles. The predicted molar refractivity (Wildman–Crippen MR) is 118 cm³/mol. The third kappa shape index (κ3) is 4.89. The number of nitrogens with one attached hydrogen (secondary N) is 1. The third-order valence-electron chi connectivity index (χ3n) is 5.13. The van der Waals surface area contributed by atoms with E-state index < -0.39 is 0 Å². The molecular formula is C23H23ClN4O2. The van der Waals surface area contributed by atoms with Crippen LogP contribution in [0.5, 0.6) is 11.6 Å². The molecule has 6 nitrogen and oxygen atoms in total. The molecule has 0 saturated carbocycles. The number of ether oxygens (including phenoxy) is 1. The Labute approximate surface area is 180 Å². The monoisotopic (exact) mass is 422 g/mol. The highest BCUT2D eigenvalue weighted by atomic mass is 35.5. The first kappa shape index (κ1) is 20.2. The van der Waals surface area contributed by atoms with Crippen molar-refractivity contribution in [3.05, 3.63) is 71.5 Å². The summed E-state index contributed by atoms with van der Waals surface area (Å²) in [4.78, 5) is 23.6. The Bertz CT molecular complexity index is 1020. The SMILES string of the molecule is Cc1cccc(Oc2nccnc2N2CCC(C(=O)Nc3ccc(Cl)cc3)CC2)c1. The van der Waals surface area contributed by atoms with Gasteiger partial charge in [-0.15, -0.1) is 0 Å². The largest absolute Gasteiger partial charge is 0.436 e. The standard InChI is InChI=1S/C23H23ClN4O2/c1-16-3-2-4-20(15-16)30-23-21(25-11-12-26-23)28-13-9-17(10-14-28)22(29)27-19-7-5-18(24)6-8-19/h2-8,11-12,15,17H,9-10,13-14H2,1H3,(H,27,29). The van der Waals surface area contributed by atoms with Gasteiger partial charge in [-0.25, -0.2) is 9.97 Å². The van der Waals surface area contributed by atoms with Gasteiger partial charge in [-0.3, -0.25) is 4.79 Å². The Morgan fingerprint density at radius 3 is 2.57 bits per heavy atom. The maximum atomic E-state index is 12.6. The number of carbonyl (C=O) groups excluding carboxylic acids is 1. The molecule has 3 aromatic rings. The van der Waals surface area contributed by atoms with E-state index in [4.69, 9.17) is 16.3 Å². The molecule has 1 saturated heterocycles. The highest BCUT2D eigenvalue weighted by Gasteiger charge is 2.27. The number of piperidine rings is 1. The van der Waals surface area contributed by atoms with E-state index in [-0.39, 0.29) is 11.8 Å². The van der Waals surface area contributed by atoms with Crippen LogP contribution in [-0.2, 0) is 4.79 Å². The Hall–Kier alpha value is -3.12. The fraction of sp³-hybridized carbons (Fsp3) is 0.261. The van der Waals surface area contributed by atoms with Crippen molar-refractivity contribution in [1.29, 1.82) is 0 Å². The number of nitrogens with zero attached hydrogens (tertiary/aromatic N) is 3. The maximum absolute atomic E-state index is 12.6. The van der Waals surface area contributed by atoms with E-state index in [0.29, 0.717) is 29.8 Å². The quantitative estimate of drug-likeness (QED) is 0.620. The number of hydrogen-bond acceptors (Lipinski definition) is 5. The molecule has 0 bridgehead atoms. The molecule has 30 heavy (non-hydrogen) atoms. The van der Waals surface area contributed by atoms with Gasteiger partial charge in [0.2, 0.25) is 5.91 Å². The summed E-state index contributed by atoms with van der Waals surface area (Å²) >= 11 is 5.90. The Kier molecular flexibility index (Phi) is 6.14. The molecule has 1 aliphatic heterocycles. The molecule has 1 N–H and O–H groups in total. The van der Waals surface area contributed by atoms with Crippen LogP contribution in [-0.4, -0.2) is 29.0 Å². The second kappa shape index (κ2) is 9.13. The lowest BCUT2D eigenvalue weighted by Gasteiger charge is -2.32. The van der Waals surface area contributed by atoms with Crippen molar-refractivity contribution in [1.82, 2.24) is 9.97 Å². The van der Waals surface area contributed by atoms with Crippen molar-refractivity contribution in [2.45, 2.75) is 19.8 Å². The van der Waals surface area contributed by atoms with E-state index in [1.807, 2.05) is 43.3 Å². The zero-order chi connectivity index (χ0) is 20.9. The number of anilines is 2.